The molecule has 1 amide bonds. The van der Waals surface area contributed by atoms with E-state index < -0.39 is 0 Å². The number of rotatable bonds is 6. The van der Waals surface area contributed by atoms with Crippen molar-refractivity contribution in [2.45, 2.75) is 52.0 Å². The molecule has 2 rings (SSSR count). The molecular weight excluding hydrogens is 312 g/mol. The van der Waals surface area contributed by atoms with Crippen molar-refractivity contribution in [3.63, 3.8) is 0 Å². The minimum atomic E-state index is 0. The van der Waals surface area contributed by atoms with Crippen LogP contribution in [0.25, 0.3) is 0 Å². The summed E-state index contributed by atoms with van der Waals surface area (Å²) in [5.41, 5.74) is 8.14. The Bertz CT molecular complexity index is 508. The first kappa shape index (κ1) is 19.8. The van der Waals surface area contributed by atoms with Gasteiger partial charge in [-0.2, -0.15) is 0 Å². The zero-order valence-corrected chi connectivity index (χ0v) is 15.0. The first-order valence-electron chi connectivity index (χ1n) is 8.30. The van der Waals surface area contributed by atoms with Crippen molar-refractivity contribution in [1.82, 2.24) is 5.32 Å². The number of ether oxygens (including phenoxy) is 1. The van der Waals surface area contributed by atoms with Crippen LogP contribution < -0.4 is 15.8 Å². The van der Waals surface area contributed by atoms with Crippen LogP contribution in [0, 0.1) is 19.8 Å². The molecule has 0 spiro atoms. The minimum absolute atomic E-state index is 0. The molecule has 130 valence electrons. The predicted octanol–water partition coefficient (Wildman–Crippen LogP) is 3.13. The number of benzene rings is 1. The Labute approximate surface area is 145 Å². The monoisotopic (exact) mass is 340 g/mol. The van der Waals surface area contributed by atoms with E-state index in [1.165, 1.54) is 18.4 Å². The molecule has 1 saturated carbocycles. The van der Waals surface area contributed by atoms with Crippen LogP contribution in [0.2, 0.25) is 0 Å². The molecule has 1 fully saturated rings. The summed E-state index contributed by atoms with van der Waals surface area (Å²) >= 11 is 0. The molecule has 1 aromatic rings. The SMILES string of the molecule is Cc1cccc(OCCC(=O)NC2CCCCC2CN)c1C.Cl. The van der Waals surface area contributed by atoms with Gasteiger partial charge >= 0.3 is 0 Å². The van der Waals surface area contributed by atoms with Crippen LogP contribution in [0.5, 0.6) is 5.75 Å². The molecule has 4 nitrogen and oxygen atoms in total. The Morgan fingerprint density at radius 2 is 2.04 bits per heavy atom. The lowest BCUT2D eigenvalue weighted by Crippen LogP contribution is -2.45. The van der Waals surface area contributed by atoms with Crippen LogP contribution >= 0.6 is 12.4 Å². The normalized spacial score (nSPS) is 20.5. The molecule has 2 unspecified atom stereocenters. The molecule has 1 aliphatic rings. The van der Waals surface area contributed by atoms with E-state index in [0.717, 1.165) is 24.2 Å². The number of nitrogens with two attached hydrogens (primary N) is 1. The fourth-order valence-corrected chi connectivity index (χ4v) is 3.09. The van der Waals surface area contributed by atoms with Crippen LogP contribution in [0.4, 0.5) is 0 Å². The van der Waals surface area contributed by atoms with Gasteiger partial charge < -0.3 is 15.8 Å². The van der Waals surface area contributed by atoms with E-state index in [-0.39, 0.29) is 24.4 Å². The van der Waals surface area contributed by atoms with Gasteiger partial charge in [-0.1, -0.05) is 25.0 Å². The van der Waals surface area contributed by atoms with Gasteiger partial charge in [-0.25, -0.2) is 0 Å². The molecular formula is C18H29ClN2O2. The second kappa shape index (κ2) is 9.78. The Balaban J connectivity index is 0.00000264. The molecule has 5 heteroatoms. The summed E-state index contributed by atoms with van der Waals surface area (Å²) in [6.07, 6.45) is 4.97. The number of halogens is 1. The van der Waals surface area contributed by atoms with Crippen molar-refractivity contribution in [3.8, 4) is 5.75 Å². The third-order valence-electron chi connectivity index (χ3n) is 4.70. The zero-order valence-electron chi connectivity index (χ0n) is 14.1. The van der Waals surface area contributed by atoms with Crippen LogP contribution in [0.15, 0.2) is 18.2 Å². The van der Waals surface area contributed by atoms with Crippen LogP contribution in [-0.2, 0) is 4.79 Å². The molecule has 0 heterocycles. The maximum atomic E-state index is 12.1. The molecule has 0 bridgehead atoms. The maximum absolute atomic E-state index is 12.1. The van der Waals surface area contributed by atoms with Crippen LogP contribution in [-0.4, -0.2) is 25.1 Å². The summed E-state index contributed by atoms with van der Waals surface area (Å²) in [4.78, 5) is 12.1. The van der Waals surface area contributed by atoms with E-state index in [1.54, 1.807) is 0 Å². The highest BCUT2D eigenvalue weighted by Gasteiger charge is 2.25. The highest BCUT2D eigenvalue weighted by atomic mass is 35.5. The Morgan fingerprint density at radius 1 is 1.30 bits per heavy atom. The zero-order chi connectivity index (χ0) is 15.9. The van der Waals surface area contributed by atoms with Crippen LogP contribution in [0.3, 0.4) is 0 Å². The van der Waals surface area contributed by atoms with Crippen LogP contribution in [0.1, 0.15) is 43.2 Å². The van der Waals surface area contributed by atoms with Crippen molar-refractivity contribution in [3.05, 3.63) is 29.3 Å². The van der Waals surface area contributed by atoms with E-state index in [1.807, 2.05) is 19.1 Å². The second-order valence-electron chi connectivity index (χ2n) is 6.25. The van der Waals surface area contributed by atoms with Crippen molar-refractivity contribution in [2.24, 2.45) is 11.7 Å². The van der Waals surface area contributed by atoms with Crippen molar-refractivity contribution in [1.29, 1.82) is 0 Å². The summed E-state index contributed by atoms with van der Waals surface area (Å²) < 4.78 is 5.75. The van der Waals surface area contributed by atoms with Gasteiger partial charge in [0.15, 0.2) is 0 Å². The van der Waals surface area contributed by atoms with Gasteiger partial charge in [-0.3, -0.25) is 4.79 Å². The number of nitrogens with one attached hydrogen (secondary N) is 1. The lowest BCUT2D eigenvalue weighted by Gasteiger charge is -2.31. The molecule has 2 atom stereocenters. The van der Waals surface area contributed by atoms with Crippen molar-refractivity contribution < 1.29 is 9.53 Å². The molecule has 0 radical (unpaired) electrons. The number of amides is 1. The molecule has 3 N–H and O–H groups in total. The molecule has 23 heavy (non-hydrogen) atoms. The summed E-state index contributed by atoms with van der Waals surface area (Å²) in [5, 5.41) is 3.13. The minimum Gasteiger partial charge on any atom is -0.493 e. The molecule has 0 saturated heterocycles. The number of hydrogen-bond acceptors (Lipinski definition) is 3. The lowest BCUT2D eigenvalue weighted by atomic mass is 9.84. The first-order valence-corrected chi connectivity index (χ1v) is 8.30. The van der Waals surface area contributed by atoms with Gasteiger partial charge in [0, 0.05) is 6.04 Å². The Morgan fingerprint density at radius 3 is 2.78 bits per heavy atom. The van der Waals surface area contributed by atoms with Gasteiger partial charge in [0.25, 0.3) is 0 Å². The quantitative estimate of drug-likeness (QED) is 0.836. The highest BCUT2D eigenvalue weighted by molar-refractivity contribution is 5.85. The topological polar surface area (TPSA) is 64.3 Å². The highest BCUT2D eigenvalue weighted by Crippen LogP contribution is 2.24. The Kier molecular flexibility index (Phi) is 8.42. The van der Waals surface area contributed by atoms with E-state index in [4.69, 9.17) is 10.5 Å². The summed E-state index contributed by atoms with van der Waals surface area (Å²) in [6.45, 7) is 5.17. The average Bonchev–Trinajstić information content (AvgIpc) is 2.52. The molecule has 0 aromatic heterocycles. The number of aryl methyl sites for hydroxylation is 1. The van der Waals surface area contributed by atoms with Gasteiger partial charge in [0.05, 0.1) is 13.0 Å². The molecule has 0 aliphatic heterocycles. The van der Waals surface area contributed by atoms with E-state index in [0.29, 0.717) is 25.5 Å². The maximum Gasteiger partial charge on any atom is 0.223 e. The Hall–Kier alpha value is -1.26. The molecule has 1 aromatic carbocycles. The summed E-state index contributed by atoms with van der Waals surface area (Å²) in [5.74, 6) is 1.36. The van der Waals surface area contributed by atoms with Gasteiger partial charge in [-0.05, 0) is 56.3 Å². The smallest absolute Gasteiger partial charge is 0.223 e. The average molecular weight is 341 g/mol. The first-order chi connectivity index (χ1) is 10.6. The van der Waals surface area contributed by atoms with Crippen molar-refractivity contribution >= 4 is 18.3 Å². The number of carbonyl (C=O) groups is 1. The van der Waals surface area contributed by atoms with Crippen molar-refractivity contribution in [2.75, 3.05) is 13.2 Å². The van der Waals surface area contributed by atoms with E-state index in [9.17, 15) is 4.79 Å². The summed E-state index contributed by atoms with van der Waals surface area (Å²) in [6, 6.07) is 6.23. The fourth-order valence-electron chi connectivity index (χ4n) is 3.09. The van der Waals surface area contributed by atoms with E-state index in [2.05, 4.69) is 18.3 Å². The number of carbonyl (C=O) groups excluding carboxylic acids is 1. The third-order valence-corrected chi connectivity index (χ3v) is 4.70. The third kappa shape index (κ3) is 5.70. The number of hydrogen-bond donors (Lipinski definition) is 2. The molecule has 1 aliphatic carbocycles. The largest absolute Gasteiger partial charge is 0.493 e. The van der Waals surface area contributed by atoms with E-state index >= 15 is 0 Å². The predicted molar refractivity (Wildman–Crippen MR) is 96.2 cm³/mol. The van der Waals surface area contributed by atoms with Gasteiger partial charge in [0.1, 0.15) is 5.75 Å². The van der Waals surface area contributed by atoms with Gasteiger partial charge in [0.2, 0.25) is 5.91 Å². The van der Waals surface area contributed by atoms with Gasteiger partial charge in [-0.15, -0.1) is 12.4 Å². The standard InChI is InChI=1S/C18H28N2O2.ClH/c1-13-6-5-9-17(14(13)2)22-11-10-18(21)20-16-8-4-3-7-15(16)12-19;/h5-6,9,15-16H,3-4,7-8,10-12,19H2,1-2H3,(H,20,21);1H. The summed E-state index contributed by atoms with van der Waals surface area (Å²) in [7, 11) is 0. The fraction of sp³-hybridized carbons (Fsp3) is 0.611. The second-order valence-corrected chi connectivity index (χ2v) is 6.25. The lowest BCUT2D eigenvalue weighted by molar-refractivity contribution is -0.122.